The van der Waals surface area contributed by atoms with Crippen molar-refractivity contribution in [2.75, 3.05) is 20.7 Å². The van der Waals surface area contributed by atoms with Gasteiger partial charge in [-0.05, 0) is 44.4 Å². The maximum absolute atomic E-state index is 14.0. The third kappa shape index (κ3) is 3.48. The summed E-state index contributed by atoms with van der Waals surface area (Å²) >= 11 is 0. The zero-order chi connectivity index (χ0) is 20.7. The van der Waals surface area contributed by atoms with Gasteiger partial charge < -0.3 is 9.64 Å². The zero-order valence-corrected chi connectivity index (χ0v) is 16.6. The predicted molar refractivity (Wildman–Crippen MR) is 104 cm³/mol. The third-order valence-corrected chi connectivity index (χ3v) is 5.14. The van der Waals surface area contributed by atoms with E-state index < -0.39 is 11.6 Å². The fourth-order valence-electron chi connectivity index (χ4n) is 3.62. The van der Waals surface area contributed by atoms with Crippen molar-refractivity contribution in [3.8, 4) is 11.4 Å². The molecule has 0 aliphatic carbocycles. The van der Waals surface area contributed by atoms with E-state index in [4.69, 9.17) is 4.74 Å². The van der Waals surface area contributed by atoms with Crippen molar-refractivity contribution in [3.05, 3.63) is 47.2 Å². The number of halogens is 2. The molecule has 0 radical (unpaired) electrons. The molecule has 1 fully saturated rings. The number of amides is 1. The Morgan fingerprint density at radius 2 is 1.97 bits per heavy atom. The second kappa shape index (κ2) is 7.51. The number of fused-ring (bicyclic) bond motifs is 1. The number of ether oxygens (including phenoxy) is 1. The molecule has 1 saturated heterocycles. The van der Waals surface area contributed by atoms with Gasteiger partial charge in [-0.15, -0.1) is 0 Å². The summed E-state index contributed by atoms with van der Waals surface area (Å²) in [5.74, 6) is -2.03. The number of aromatic nitrogens is 3. The summed E-state index contributed by atoms with van der Waals surface area (Å²) in [4.78, 5) is 18.3. The summed E-state index contributed by atoms with van der Waals surface area (Å²) in [6.07, 6.45) is 2.36. The van der Waals surface area contributed by atoms with Crippen LogP contribution in [0.1, 0.15) is 41.5 Å². The van der Waals surface area contributed by atoms with Crippen LogP contribution in [0.15, 0.2) is 24.3 Å². The molecule has 1 unspecified atom stereocenters. The molecule has 0 spiro atoms. The minimum Gasteiger partial charge on any atom is -0.356 e. The summed E-state index contributed by atoms with van der Waals surface area (Å²) in [7, 11) is 3.35. The molecule has 1 aliphatic heterocycles. The lowest BCUT2D eigenvalue weighted by Crippen LogP contribution is -2.23. The first-order chi connectivity index (χ1) is 13.9. The molecule has 0 saturated carbocycles. The van der Waals surface area contributed by atoms with Crippen LogP contribution in [0, 0.1) is 18.6 Å². The lowest BCUT2D eigenvalue weighted by molar-refractivity contribution is -0.0365. The topological polar surface area (TPSA) is 60.2 Å². The number of carbonyl (C=O) groups excluding carboxylic acids is 1. The molecule has 3 aromatic rings. The molecule has 1 aromatic carbocycles. The van der Waals surface area contributed by atoms with E-state index >= 15 is 0 Å². The van der Waals surface area contributed by atoms with Crippen molar-refractivity contribution >= 4 is 16.8 Å². The fourth-order valence-corrected chi connectivity index (χ4v) is 3.62. The van der Waals surface area contributed by atoms with Gasteiger partial charge in [0.05, 0.1) is 22.5 Å². The molecule has 8 heteroatoms. The molecule has 2 aromatic heterocycles. The van der Waals surface area contributed by atoms with Crippen LogP contribution in [0.25, 0.3) is 22.3 Å². The van der Waals surface area contributed by atoms with Crippen LogP contribution in [0.4, 0.5) is 8.78 Å². The number of aryl methyl sites for hydroxylation is 1. The monoisotopic (exact) mass is 400 g/mol. The maximum atomic E-state index is 14.0. The van der Waals surface area contributed by atoms with Crippen LogP contribution in [-0.4, -0.2) is 46.3 Å². The predicted octanol–water partition coefficient (Wildman–Crippen LogP) is 4.09. The molecule has 152 valence electrons. The van der Waals surface area contributed by atoms with E-state index in [9.17, 15) is 13.6 Å². The van der Waals surface area contributed by atoms with Crippen molar-refractivity contribution in [2.45, 2.75) is 32.4 Å². The van der Waals surface area contributed by atoms with E-state index in [2.05, 4.69) is 10.1 Å². The van der Waals surface area contributed by atoms with Gasteiger partial charge in [0.25, 0.3) is 5.91 Å². The Hall–Kier alpha value is -2.87. The molecular formula is C21H22F2N4O2. The zero-order valence-electron chi connectivity index (χ0n) is 16.6. The molecule has 3 heterocycles. The molecule has 0 bridgehead atoms. The van der Waals surface area contributed by atoms with Gasteiger partial charge in [0, 0.05) is 32.2 Å². The molecule has 4 rings (SSSR count). The van der Waals surface area contributed by atoms with Gasteiger partial charge in [-0.25, -0.2) is 13.5 Å². The standard InChI is InChI=1S/C21H22F2N4O2/c1-12-13(21(28)26(2)3)7-8-17(24-12)20-14-10-15(22)16(23)11-18(14)27(25-20)19-6-4-5-9-29-19/h7-8,10-11,19H,4-6,9H2,1-3H3. The average Bonchev–Trinajstić information content (AvgIpc) is 3.06. The summed E-state index contributed by atoms with van der Waals surface area (Å²) in [6, 6.07) is 5.65. The average molecular weight is 400 g/mol. The molecular weight excluding hydrogens is 378 g/mol. The van der Waals surface area contributed by atoms with Gasteiger partial charge in [-0.3, -0.25) is 9.78 Å². The summed E-state index contributed by atoms with van der Waals surface area (Å²) in [5, 5.41) is 5.07. The maximum Gasteiger partial charge on any atom is 0.255 e. The van der Waals surface area contributed by atoms with E-state index in [1.165, 1.54) is 4.90 Å². The first kappa shape index (κ1) is 19.4. The van der Waals surface area contributed by atoms with E-state index in [1.807, 2.05) is 0 Å². The molecule has 0 N–H and O–H groups in total. The van der Waals surface area contributed by atoms with Crippen LogP contribution >= 0.6 is 0 Å². The van der Waals surface area contributed by atoms with E-state index in [0.717, 1.165) is 31.4 Å². The summed E-state index contributed by atoms with van der Waals surface area (Å²) < 4.78 is 35.4. The lowest BCUT2D eigenvalue weighted by Gasteiger charge is -2.23. The summed E-state index contributed by atoms with van der Waals surface area (Å²) in [5.41, 5.74) is 2.40. The number of nitrogens with zero attached hydrogens (tertiary/aromatic N) is 4. The van der Waals surface area contributed by atoms with Crippen LogP contribution in [0.5, 0.6) is 0 Å². The molecule has 1 aliphatic rings. The highest BCUT2D eigenvalue weighted by Crippen LogP contribution is 2.33. The quantitative estimate of drug-likeness (QED) is 0.665. The number of benzene rings is 1. The van der Waals surface area contributed by atoms with Gasteiger partial charge >= 0.3 is 0 Å². The molecule has 6 nitrogen and oxygen atoms in total. The number of rotatable bonds is 3. The van der Waals surface area contributed by atoms with Crippen LogP contribution in [0.2, 0.25) is 0 Å². The van der Waals surface area contributed by atoms with Crippen LogP contribution < -0.4 is 0 Å². The highest BCUT2D eigenvalue weighted by atomic mass is 19.2. The Kier molecular flexibility index (Phi) is 5.04. The highest BCUT2D eigenvalue weighted by Gasteiger charge is 2.24. The Morgan fingerprint density at radius 3 is 2.62 bits per heavy atom. The Balaban J connectivity index is 1.86. The second-order valence-corrected chi connectivity index (χ2v) is 7.43. The van der Waals surface area contributed by atoms with Gasteiger partial charge in [-0.1, -0.05) is 0 Å². The molecule has 29 heavy (non-hydrogen) atoms. The normalized spacial score (nSPS) is 16.9. The molecule has 1 amide bonds. The van der Waals surface area contributed by atoms with E-state index in [-0.39, 0.29) is 12.1 Å². The fraction of sp³-hybridized carbons (Fsp3) is 0.381. The van der Waals surface area contributed by atoms with Crippen molar-refractivity contribution in [2.24, 2.45) is 0 Å². The number of pyridine rings is 1. The van der Waals surface area contributed by atoms with Gasteiger partial charge in [0.15, 0.2) is 17.9 Å². The minimum atomic E-state index is -0.945. The lowest BCUT2D eigenvalue weighted by atomic mass is 10.1. The van der Waals surface area contributed by atoms with Crippen molar-refractivity contribution in [3.63, 3.8) is 0 Å². The van der Waals surface area contributed by atoms with Crippen molar-refractivity contribution < 1.29 is 18.3 Å². The highest BCUT2D eigenvalue weighted by molar-refractivity contribution is 5.96. The largest absolute Gasteiger partial charge is 0.356 e. The van der Waals surface area contributed by atoms with Crippen LogP contribution in [-0.2, 0) is 4.74 Å². The first-order valence-electron chi connectivity index (χ1n) is 9.55. The third-order valence-electron chi connectivity index (χ3n) is 5.14. The summed E-state index contributed by atoms with van der Waals surface area (Å²) in [6.45, 7) is 2.34. The number of hydrogen-bond donors (Lipinski definition) is 0. The van der Waals surface area contributed by atoms with Gasteiger partial charge in [0.2, 0.25) is 0 Å². The minimum absolute atomic E-state index is 0.152. The van der Waals surface area contributed by atoms with Crippen LogP contribution in [0.3, 0.4) is 0 Å². The van der Waals surface area contributed by atoms with Crippen molar-refractivity contribution in [1.29, 1.82) is 0 Å². The van der Waals surface area contributed by atoms with E-state index in [0.29, 0.717) is 40.2 Å². The first-order valence-corrected chi connectivity index (χ1v) is 9.55. The van der Waals surface area contributed by atoms with Crippen molar-refractivity contribution in [1.82, 2.24) is 19.7 Å². The SMILES string of the molecule is Cc1nc(-c2nn(C3CCCCO3)c3cc(F)c(F)cc23)ccc1C(=O)N(C)C. The Bertz CT molecular complexity index is 1090. The Labute approximate surface area is 167 Å². The smallest absolute Gasteiger partial charge is 0.255 e. The van der Waals surface area contributed by atoms with Gasteiger partial charge in [-0.2, -0.15) is 5.10 Å². The second-order valence-electron chi connectivity index (χ2n) is 7.43. The van der Waals surface area contributed by atoms with Gasteiger partial charge in [0.1, 0.15) is 5.69 Å². The Morgan fingerprint density at radius 1 is 1.21 bits per heavy atom. The van der Waals surface area contributed by atoms with E-state index in [1.54, 1.807) is 37.8 Å². The number of carbonyl (C=O) groups is 1. The molecule has 1 atom stereocenters. The number of hydrogen-bond acceptors (Lipinski definition) is 4.